The molecular weight excluding hydrogens is 427 g/mol. The van der Waals surface area contributed by atoms with E-state index in [1.807, 2.05) is 13.8 Å². The molecule has 5 rings (SSSR count). The quantitative estimate of drug-likeness (QED) is 0.520. The van der Waals surface area contributed by atoms with E-state index in [9.17, 15) is 18.3 Å². The first-order valence-electron chi connectivity index (χ1n) is 12.0. The van der Waals surface area contributed by atoms with Gasteiger partial charge in [0.15, 0.2) is 0 Å². The van der Waals surface area contributed by atoms with Crippen molar-refractivity contribution in [1.29, 1.82) is 0 Å². The van der Waals surface area contributed by atoms with Gasteiger partial charge < -0.3 is 9.84 Å². The minimum absolute atomic E-state index is 0.0446. The van der Waals surface area contributed by atoms with E-state index in [2.05, 4.69) is 13.8 Å². The van der Waals surface area contributed by atoms with Gasteiger partial charge in [-0.15, -0.1) is 0 Å². The zero-order valence-corrected chi connectivity index (χ0v) is 19.7. The number of aliphatic hydroxyl groups is 1. The summed E-state index contributed by atoms with van der Waals surface area (Å²) in [6.07, 6.45) is 0.419. The molecule has 3 aliphatic rings. The van der Waals surface area contributed by atoms with E-state index < -0.39 is 29.5 Å². The van der Waals surface area contributed by atoms with Crippen molar-refractivity contribution in [3.05, 3.63) is 63.5 Å². The number of aromatic nitrogens is 1. The summed E-state index contributed by atoms with van der Waals surface area (Å²) in [4.78, 5) is 5.09. The van der Waals surface area contributed by atoms with Gasteiger partial charge >= 0.3 is 6.18 Å². The van der Waals surface area contributed by atoms with Crippen molar-refractivity contribution < 1.29 is 23.0 Å². The third-order valence-electron chi connectivity index (χ3n) is 7.67. The molecule has 0 saturated heterocycles. The smallest absolute Gasteiger partial charge is 0.388 e. The Morgan fingerprint density at radius 3 is 2.21 bits per heavy atom. The van der Waals surface area contributed by atoms with Gasteiger partial charge in [0.05, 0.1) is 17.4 Å². The molecule has 2 atom stereocenters. The van der Waals surface area contributed by atoms with E-state index in [0.717, 1.165) is 72.3 Å². The Labute approximate surface area is 193 Å². The number of nitrogens with zero attached hydrogens (tertiary/aromatic N) is 1. The van der Waals surface area contributed by atoms with E-state index in [4.69, 9.17) is 9.72 Å². The lowest BCUT2D eigenvalue weighted by atomic mass is 9.70. The normalized spacial score (nSPS) is 26.3. The average Bonchev–Trinajstić information content (AvgIpc) is 3.32. The zero-order valence-electron chi connectivity index (χ0n) is 19.7. The molecule has 0 spiro atoms. The van der Waals surface area contributed by atoms with Crippen LogP contribution in [0.25, 0.3) is 0 Å². The fourth-order valence-electron chi connectivity index (χ4n) is 6.21. The first-order chi connectivity index (χ1) is 15.4. The number of halogens is 3. The van der Waals surface area contributed by atoms with Crippen LogP contribution in [0, 0.1) is 5.41 Å². The topological polar surface area (TPSA) is 42.4 Å². The standard InChI is InChI=1S/C27H32F3NO2/c1-25(2)13-18-21(19(32)14-25)20(15-7-5-6-8-15)22-23(33-26(3,4)24(22)31-18)16-9-11-17(12-10-16)27(28,29)30/h9-12,15,19,23,32H,5-8,13-14H2,1-4H3. The molecular formula is C27H32F3NO2. The van der Waals surface area contributed by atoms with Crippen molar-refractivity contribution in [2.45, 2.75) is 96.1 Å². The average molecular weight is 460 g/mol. The molecule has 0 radical (unpaired) electrons. The van der Waals surface area contributed by atoms with Crippen molar-refractivity contribution >= 4 is 0 Å². The molecule has 1 saturated carbocycles. The number of hydrogen-bond donors (Lipinski definition) is 1. The summed E-state index contributed by atoms with van der Waals surface area (Å²) in [5.41, 5.74) is 4.24. The van der Waals surface area contributed by atoms with Crippen molar-refractivity contribution in [2.24, 2.45) is 5.41 Å². The monoisotopic (exact) mass is 459 g/mol. The van der Waals surface area contributed by atoms with Crippen LogP contribution in [0.15, 0.2) is 24.3 Å². The first-order valence-corrected chi connectivity index (χ1v) is 12.0. The van der Waals surface area contributed by atoms with Gasteiger partial charge in [-0.2, -0.15) is 13.2 Å². The number of alkyl halides is 3. The number of rotatable bonds is 2. The Morgan fingerprint density at radius 2 is 1.61 bits per heavy atom. The molecule has 0 bridgehead atoms. The van der Waals surface area contributed by atoms with Gasteiger partial charge in [0.2, 0.25) is 0 Å². The fourth-order valence-corrected chi connectivity index (χ4v) is 6.21. The maximum atomic E-state index is 13.2. The van der Waals surface area contributed by atoms with E-state index in [0.29, 0.717) is 17.9 Å². The molecule has 1 aromatic carbocycles. The van der Waals surface area contributed by atoms with Gasteiger partial charge in [-0.25, -0.2) is 0 Å². The van der Waals surface area contributed by atoms with E-state index in [-0.39, 0.29) is 5.41 Å². The SMILES string of the molecule is CC1(C)Cc2nc3c(c(C4CCCC4)c2C(O)C1)C(c1ccc(C(F)(F)F)cc1)OC3(C)C. The van der Waals surface area contributed by atoms with E-state index in [1.165, 1.54) is 12.1 Å². The second kappa shape index (κ2) is 7.54. The lowest BCUT2D eigenvalue weighted by molar-refractivity contribution is -0.137. The molecule has 2 unspecified atom stereocenters. The van der Waals surface area contributed by atoms with Crippen LogP contribution >= 0.6 is 0 Å². The summed E-state index contributed by atoms with van der Waals surface area (Å²) < 4.78 is 46.0. The van der Waals surface area contributed by atoms with Crippen LogP contribution in [-0.4, -0.2) is 10.1 Å². The lowest BCUT2D eigenvalue weighted by Gasteiger charge is -2.37. The number of pyridine rings is 1. The first kappa shape index (κ1) is 22.9. The van der Waals surface area contributed by atoms with Crippen molar-refractivity contribution in [1.82, 2.24) is 4.98 Å². The van der Waals surface area contributed by atoms with Gasteiger partial charge in [-0.05, 0) is 74.1 Å². The second-order valence-electron chi connectivity index (χ2n) is 11.3. The van der Waals surface area contributed by atoms with Gasteiger partial charge in [0.1, 0.15) is 11.7 Å². The van der Waals surface area contributed by atoms with E-state index >= 15 is 0 Å². The summed E-state index contributed by atoms with van der Waals surface area (Å²) in [5.74, 6) is 0.320. The number of ether oxygens (including phenoxy) is 1. The zero-order chi connectivity index (χ0) is 23.8. The number of aliphatic hydroxyl groups excluding tert-OH is 1. The van der Waals surface area contributed by atoms with Gasteiger partial charge in [0.25, 0.3) is 0 Å². The van der Waals surface area contributed by atoms with Crippen molar-refractivity contribution in [3.8, 4) is 0 Å². The maximum Gasteiger partial charge on any atom is 0.416 e. The molecule has 2 aromatic rings. The van der Waals surface area contributed by atoms with Gasteiger partial charge in [-0.3, -0.25) is 4.98 Å². The predicted molar refractivity (Wildman–Crippen MR) is 120 cm³/mol. The summed E-state index contributed by atoms with van der Waals surface area (Å²) in [6, 6.07) is 5.30. The molecule has 1 N–H and O–H groups in total. The number of hydrogen-bond acceptors (Lipinski definition) is 3. The summed E-state index contributed by atoms with van der Waals surface area (Å²) in [7, 11) is 0. The molecule has 6 heteroatoms. The Bertz CT molecular complexity index is 1070. The molecule has 2 heterocycles. The minimum Gasteiger partial charge on any atom is -0.388 e. The van der Waals surface area contributed by atoms with E-state index in [1.54, 1.807) is 0 Å². The molecule has 178 valence electrons. The Balaban J connectivity index is 1.71. The van der Waals surface area contributed by atoms with Crippen LogP contribution in [-0.2, 0) is 22.9 Å². The van der Waals surface area contributed by atoms with Crippen LogP contribution in [0.4, 0.5) is 13.2 Å². The lowest BCUT2D eigenvalue weighted by Crippen LogP contribution is -2.30. The van der Waals surface area contributed by atoms with Crippen LogP contribution in [0.5, 0.6) is 0 Å². The van der Waals surface area contributed by atoms with Gasteiger partial charge in [0, 0.05) is 16.8 Å². The van der Waals surface area contributed by atoms with Gasteiger partial charge in [-0.1, -0.05) is 38.8 Å². The maximum absolute atomic E-state index is 13.2. The number of fused-ring (bicyclic) bond motifs is 2. The molecule has 2 aliphatic carbocycles. The highest BCUT2D eigenvalue weighted by molar-refractivity contribution is 5.53. The highest BCUT2D eigenvalue weighted by Gasteiger charge is 2.47. The summed E-state index contributed by atoms with van der Waals surface area (Å²) in [6.45, 7) is 8.29. The van der Waals surface area contributed by atoms with Crippen molar-refractivity contribution in [2.75, 3.05) is 0 Å². The molecule has 1 aromatic heterocycles. The van der Waals surface area contributed by atoms with Crippen LogP contribution in [0.1, 0.15) is 117 Å². The minimum atomic E-state index is -4.38. The van der Waals surface area contributed by atoms with Crippen molar-refractivity contribution in [3.63, 3.8) is 0 Å². The molecule has 1 aliphatic heterocycles. The van der Waals surface area contributed by atoms with Crippen LogP contribution in [0.2, 0.25) is 0 Å². The predicted octanol–water partition coefficient (Wildman–Crippen LogP) is 7.12. The molecule has 3 nitrogen and oxygen atoms in total. The largest absolute Gasteiger partial charge is 0.416 e. The highest BCUT2D eigenvalue weighted by atomic mass is 19.4. The Morgan fingerprint density at radius 1 is 0.970 bits per heavy atom. The summed E-state index contributed by atoms with van der Waals surface area (Å²) in [5, 5.41) is 11.3. The third-order valence-corrected chi connectivity index (χ3v) is 7.67. The Hall–Kier alpha value is -1.92. The summed E-state index contributed by atoms with van der Waals surface area (Å²) >= 11 is 0. The van der Waals surface area contributed by atoms with Crippen LogP contribution < -0.4 is 0 Å². The molecule has 0 amide bonds. The molecule has 33 heavy (non-hydrogen) atoms. The fraction of sp³-hybridized carbons (Fsp3) is 0.593. The number of benzene rings is 1. The van der Waals surface area contributed by atoms with Crippen LogP contribution in [0.3, 0.4) is 0 Å². The highest BCUT2D eigenvalue weighted by Crippen LogP contribution is 2.55. The Kier molecular flexibility index (Phi) is 5.22. The second-order valence-corrected chi connectivity index (χ2v) is 11.3. The molecule has 1 fully saturated rings. The third kappa shape index (κ3) is 3.89.